The molecule has 0 amide bonds. The van der Waals surface area contributed by atoms with Crippen LogP contribution in [0.25, 0.3) is 0 Å². The fourth-order valence-corrected chi connectivity index (χ4v) is 1.56. The maximum atomic E-state index is 12.0. The standard InChI is InChI=1S/C10H18F3NOS/c1-5-8(6-7-10(11,12)13)14-16(15)9(2,3)4/h5-7H2,1-4H3/b14-8+. The lowest BCUT2D eigenvalue weighted by molar-refractivity contribution is -0.132. The van der Waals surface area contributed by atoms with Gasteiger partial charge in [0.15, 0.2) is 0 Å². The molecule has 0 aromatic heterocycles. The summed E-state index contributed by atoms with van der Waals surface area (Å²) in [5.74, 6) is 0. The van der Waals surface area contributed by atoms with Crippen LogP contribution in [-0.4, -0.2) is 20.8 Å². The van der Waals surface area contributed by atoms with Crippen LogP contribution in [0.3, 0.4) is 0 Å². The summed E-state index contributed by atoms with van der Waals surface area (Å²) in [6.07, 6.45) is -4.85. The zero-order valence-corrected chi connectivity index (χ0v) is 10.8. The summed E-state index contributed by atoms with van der Waals surface area (Å²) >= 11 is 0. The summed E-state index contributed by atoms with van der Waals surface area (Å²) < 4.78 is 50.9. The van der Waals surface area contributed by atoms with Gasteiger partial charge in [0.2, 0.25) is 0 Å². The van der Waals surface area contributed by atoms with Gasteiger partial charge in [0.05, 0.1) is 4.75 Å². The van der Waals surface area contributed by atoms with Gasteiger partial charge in [-0.1, -0.05) is 6.92 Å². The van der Waals surface area contributed by atoms with E-state index in [1.807, 2.05) is 0 Å². The molecule has 1 atom stereocenters. The molecular formula is C10H18F3NOS. The molecule has 0 heterocycles. The average molecular weight is 257 g/mol. The van der Waals surface area contributed by atoms with E-state index in [1.54, 1.807) is 27.7 Å². The first kappa shape index (κ1) is 15.6. The van der Waals surface area contributed by atoms with Crippen LogP contribution < -0.4 is 0 Å². The van der Waals surface area contributed by atoms with E-state index in [4.69, 9.17) is 0 Å². The Kier molecular flexibility index (Phi) is 5.65. The minimum atomic E-state index is -4.18. The van der Waals surface area contributed by atoms with Crippen molar-refractivity contribution >= 4 is 16.7 Å². The average Bonchev–Trinajstić information content (AvgIpc) is 2.08. The Balaban J connectivity index is 4.51. The molecule has 0 radical (unpaired) electrons. The van der Waals surface area contributed by atoms with E-state index in [-0.39, 0.29) is 6.42 Å². The van der Waals surface area contributed by atoms with Crippen molar-refractivity contribution in [3.63, 3.8) is 0 Å². The topological polar surface area (TPSA) is 29.4 Å². The highest BCUT2D eigenvalue weighted by Crippen LogP contribution is 2.22. The van der Waals surface area contributed by atoms with E-state index in [2.05, 4.69) is 4.40 Å². The van der Waals surface area contributed by atoms with E-state index >= 15 is 0 Å². The van der Waals surface area contributed by atoms with Gasteiger partial charge in [-0.15, -0.1) is 0 Å². The molecule has 0 saturated carbocycles. The predicted octanol–water partition coefficient (Wildman–Crippen LogP) is 3.64. The number of hydrogen-bond acceptors (Lipinski definition) is 1. The first-order chi connectivity index (χ1) is 7.06. The smallest absolute Gasteiger partial charge is 0.234 e. The second-order valence-electron chi connectivity index (χ2n) is 4.49. The molecule has 16 heavy (non-hydrogen) atoms. The third kappa shape index (κ3) is 6.98. The van der Waals surface area contributed by atoms with Crippen LogP contribution in [0.4, 0.5) is 13.2 Å². The Hall–Kier alpha value is -0.390. The lowest BCUT2D eigenvalue weighted by Crippen LogP contribution is -2.21. The molecule has 0 aliphatic rings. The number of hydrogen-bond donors (Lipinski definition) is 0. The molecule has 0 aliphatic carbocycles. The van der Waals surface area contributed by atoms with Crippen LogP contribution in [0.1, 0.15) is 47.0 Å². The van der Waals surface area contributed by atoms with Crippen molar-refractivity contribution in [2.24, 2.45) is 4.40 Å². The molecule has 0 aromatic rings. The maximum absolute atomic E-state index is 12.0. The highest BCUT2D eigenvalue weighted by Gasteiger charge is 2.27. The minimum absolute atomic E-state index is 0.165. The van der Waals surface area contributed by atoms with Gasteiger partial charge >= 0.3 is 6.18 Å². The first-order valence-corrected chi connectivity index (χ1v) is 6.22. The van der Waals surface area contributed by atoms with Crippen molar-refractivity contribution in [1.29, 1.82) is 0 Å². The molecule has 1 unspecified atom stereocenters. The first-order valence-electron chi connectivity index (χ1n) is 5.11. The Morgan fingerprint density at radius 3 is 2.06 bits per heavy atom. The lowest BCUT2D eigenvalue weighted by atomic mass is 10.2. The fraction of sp³-hybridized carbons (Fsp3) is 0.900. The van der Waals surface area contributed by atoms with Crippen LogP contribution in [0, 0.1) is 0 Å². The molecule has 6 heteroatoms. The molecule has 0 spiro atoms. The number of halogens is 3. The summed E-state index contributed by atoms with van der Waals surface area (Å²) in [6, 6.07) is 0. The van der Waals surface area contributed by atoms with Gasteiger partial charge < -0.3 is 0 Å². The van der Waals surface area contributed by atoms with E-state index in [0.29, 0.717) is 12.1 Å². The van der Waals surface area contributed by atoms with Gasteiger partial charge in [-0.25, -0.2) is 4.21 Å². The number of alkyl halides is 3. The molecule has 0 aliphatic heterocycles. The SMILES string of the molecule is CC/C(CCC(F)(F)F)=N\S(=O)C(C)(C)C. The lowest BCUT2D eigenvalue weighted by Gasteiger charge is -2.15. The van der Waals surface area contributed by atoms with Crippen LogP contribution in [0.5, 0.6) is 0 Å². The summed E-state index contributed by atoms with van der Waals surface area (Å²) in [5, 5.41) is 0. The van der Waals surface area contributed by atoms with Crippen LogP contribution in [0.2, 0.25) is 0 Å². The monoisotopic (exact) mass is 257 g/mol. The molecule has 2 nitrogen and oxygen atoms in total. The second-order valence-corrected chi connectivity index (χ2v) is 6.39. The molecule has 0 aromatic carbocycles. The van der Waals surface area contributed by atoms with Crippen LogP contribution in [-0.2, 0) is 11.0 Å². The second kappa shape index (κ2) is 5.80. The fourth-order valence-electron chi connectivity index (χ4n) is 0.827. The largest absolute Gasteiger partial charge is 0.389 e. The maximum Gasteiger partial charge on any atom is 0.389 e. The zero-order chi connectivity index (χ0) is 13.0. The van der Waals surface area contributed by atoms with Crippen molar-refractivity contribution in [1.82, 2.24) is 0 Å². The van der Waals surface area contributed by atoms with Crippen molar-refractivity contribution in [3.8, 4) is 0 Å². The van der Waals surface area contributed by atoms with Gasteiger partial charge in [-0.3, -0.25) is 0 Å². The molecule has 0 N–H and O–H groups in total. The van der Waals surface area contributed by atoms with Gasteiger partial charge in [0.25, 0.3) is 0 Å². The van der Waals surface area contributed by atoms with Crippen molar-refractivity contribution in [2.75, 3.05) is 0 Å². The van der Waals surface area contributed by atoms with Crippen molar-refractivity contribution < 1.29 is 17.4 Å². The van der Waals surface area contributed by atoms with E-state index in [0.717, 1.165) is 0 Å². The van der Waals surface area contributed by atoms with Gasteiger partial charge in [0, 0.05) is 12.1 Å². The van der Waals surface area contributed by atoms with Gasteiger partial charge in [-0.2, -0.15) is 17.6 Å². The molecule has 0 bridgehead atoms. The Morgan fingerprint density at radius 1 is 1.25 bits per heavy atom. The molecule has 96 valence electrons. The van der Waals surface area contributed by atoms with Crippen LogP contribution in [0.15, 0.2) is 4.40 Å². The Labute approximate surface area is 96.9 Å². The highest BCUT2D eigenvalue weighted by molar-refractivity contribution is 7.85. The zero-order valence-electron chi connectivity index (χ0n) is 10.0. The van der Waals surface area contributed by atoms with Crippen molar-refractivity contribution in [3.05, 3.63) is 0 Å². The summed E-state index contributed by atoms with van der Waals surface area (Å²) in [7, 11) is -1.47. The normalized spacial score (nSPS) is 16.3. The quantitative estimate of drug-likeness (QED) is 0.707. The third-order valence-corrected chi connectivity index (χ3v) is 3.31. The molecule has 0 rings (SSSR count). The summed E-state index contributed by atoms with van der Waals surface area (Å²) in [4.78, 5) is 0. The van der Waals surface area contributed by atoms with Crippen molar-refractivity contribution in [2.45, 2.75) is 57.9 Å². The molecule has 0 saturated heterocycles. The Morgan fingerprint density at radius 2 is 1.75 bits per heavy atom. The third-order valence-electron chi connectivity index (χ3n) is 1.84. The predicted molar refractivity (Wildman–Crippen MR) is 60.9 cm³/mol. The Bertz CT molecular complexity index is 279. The van der Waals surface area contributed by atoms with Gasteiger partial charge in [0.1, 0.15) is 11.0 Å². The van der Waals surface area contributed by atoms with E-state index < -0.39 is 28.3 Å². The number of nitrogens with zero attached hydrogens (tertiary/aromatic N) is 1. The summed E-state index contributed by atoms with van der Waals surface area (Å²) in [6.45, 7) is 6.94. The van der Waals surface area contributed by atoms with E-state index in [9.17, 15) is 17.4 Å². The number of rotatable bonds is 4. The molecular weight excluding hydrogens is 239 g/mol. The van der Waals surface area contributed by atoms with Crippen LogP contribution >= 0.6 is 0 Å². The summed E-state index contributed by atoms with van der Waals surface area (Å²) in [5.41, 5.74) is 0.366. The van der Waals surface area contributed by atoms with E-state index in [1.165, 1.54) is 0 Å². The minimum Gasteiger partial charge on any atom is -0.234 e. The van der Waals surface area contributed by atoms with Gasteiger partial charge in [-0.05, 0) is 33.6 Å². The molecule has 0 fully saturated rings. The highest BCUT2D eigenvalue weighted by atomic mass is 32.2.